The number of phenols is 1. The molecule has 2 N–H and O–H groups in total. The van der Waals surface area contributed by atoms with Gasteiger partial charge in [-0.25, -0.2) is 4.79 Å². The van der Waals surface area contributed by atoms with E-state index in [9.17, 15) is 9.90 Å². The quantitative estimate of drug-likeness (QED) is 0.883. The summed E-state index contributed by atoms with van der Waals surface area (Å²) >= 11 is 0. The molecule has 0 unspecified atom stereocenters. The Balaban J connectivity index is 1.82. The minimum absolute atomic E-state index is 0.119. The fourth-order valence-electron chi connectivity index (χ4n) is 2.99. The van der Waals surface area contributed by atoms with E-state index >= 15 is 0 Å². The first kappa shape index (κ1) is 17.3. The summed E-state index contributed by atoms with van der Waals surface area (Å²) in [4.78, 5) is 16.3. The van der Waals surface area contributed by atoms with Crippen molar-refractivity contribution in [2.45, 2.75) is 58.6 Å². The molecule has 0 saturated carbocycles. The van der Waals surface area contributed by atoms with Gasteiger partial charge in [0.25, 0.3) is 0 Å². The van der Waals surface area contributed by atoms with E-state index in [0.29, 0.717) is 30.1 Å². The molecule has 0 spiro atoms. The fourth-order valence-corrected chi connectivity index (χ4v) is 2.99. The van der Waals surface area contributed by atoms with Crippen molar-refractivity contribution >= 4 is 6.09 Å². The molecule has 25 heavy (non-hydrogen) atoms. The molecular weight excluding hydrogens is 322 g/mol. The Hall–Kier alpha value is -2.57. The van der Waals surface area contributed by atoms with Gasteiger partial charge in [-0.05, 0) is 51.3 Å². The smallest absolute Gasteiger partial charge is 0.408 e. The number of carbonyl (C=O) groups excluding carboxylic acids is 1. The van der Waals surface area contributed by atoms with E-state index < -0.39 is 11.7 Å². The van der Waals surface area contributed by atoms with Crippen LogP contribution in [0.15, 0.2) is 16.7 Å². The van der Waals surface area contributed by atoms with Crippen LogP contribution in [0.5, 0.6) is 5.75 Å². The summed E-state index contributed by atoms with van der Waals surface area (Å²) in [5, 5.41) is 17.3. The number of nitrogens with zero attached hydrogens (tertiary/aromatic N) is 2. The van der Waals surface area contributed by atoms with Gasteiger partial charge in [-0.3, -0.25) is 0 Å². The number of hydrogen-bond donors (Lipinski definition) is 2. The van der Waals surface area contributed by atoms with E-state index in [0.717, 1.165) is 17.5 Å². The van der Waals surface area contributed by atoms with Gasteiger partial charge in [-0.15, -0.1) is 0 Å². The topological polar surface area (TPSA) is 97.5 Å². The molecule has 7 nitrogen and oxygen atoms in total. The second-order valence-corrected chi connectivity index (χ2v) is 7.17. The third-order valence-corrected chi connectivity index (χ3v) is 4.01. The van der Waals surface area contributed by atoms with Crippen molar-refractivity contribution in [1.29, 1.82) is 0 Å². The lowest BCUT2D eigenvalue weighted by Crippen LogP contribution is -2.34. The Kier molecular flexibility index (Phi) is 4.41. The van der Waals surface area contributed by atoms with Crippen LogP contribution in [-0.2, 0) is 17.6 Å². The molecule has 1 heterocycles. The van der Waals surface area contributed by atoms with Crippen LogP contribution < -0.4 is 5.32 Å². The number of hydrogen-bond acceptors (Lipinski definition) is 6. The first-order chi connectivity index (χ1) is 11.8. The first-order valence-corrected chi connectivity index (χ1v) is 8.45. The molecule has 1 aromatic heterocycles. The third kappa shape index (κ3) is 3.75. The molecule has 0 saturated heterocycles. The number of aryl methyl sites for hydroxylation is 2. The van der Waals surface area contributed by atoms with Crippen LogP contribution >= 0.6 is 0 Å². The highest BCUT2D eigenvalue weighted by Gasteiger charge is 2.30. The van der Waals surface area contributed by atoms with Crippen molar-refractivity contribution in [2.24, 2.45) is 0 Å². The lowest BCUT2D eigenvalue weighted by atomic mass is 10.0. The Labute approximate surface area is 146 Å². The number of alkyl carbamates (subject to hydrolysis) is 1. The van der Waals surface area contributed by atoms with Crippen LogP contribution in [-0.4, -0.2) is 26.9 Å². The Morgan fingerprint density at radius 1 is 1.44 bits per heavy atom. The summed E-state index contributed by atoms with van der Waals surface area (Å²) in [5.74, 6) is 1.13. The van der Waals surface area contributed by atoms with Gasteiger partial charge in [0, 0.05) is 17.5 Å². The normalized spacial score (nSPS) is 16.6. The van der Waals surface area contributed by atoms with E-state index in [2.05, 4.69) is 15.5 Å². The average molecular weight is 345 g/mol. The van der Waals surface area contributed by atoms with Crippen LogP contribution in [0.25, 0.3) is 11.4 Å². The van der Waals surface area contributed by atoms with Crippen molar-refractivity contribution in [3.05, 3.63) is 29.2 Å². The van der Waals surface area contributed by atoms with Crippen LogP contribution in [0.2, 0.25) is 0 Å². The Morgan fingerprint density at radius 2 is 2.20 bits per heavy atom. The van der Waals surface area contributed by atoms with Gasteiger partial charge in [0.05, 0.1) is 6.04 Å². The summed E-state index contributed by atoms with van der Waals surface area (Å²) in [6.07, 6.45) is 1.62. The van der Waals surface area contributed by atoms with Crippen molar-refractivity contribution in [3.8, 4) is 17.1 Å². The van der Waals surface area contributed by atoms with Gasteiger partial charge in [0.2, 0.25) is 11.7 Å². The third-order valence-electron chi connectivity index (χ3n) is 4.01. The standard InChI is InChI=1S/C18H23N3O4/c1-5-14-20-16(21-25-14)11-8-10-6-7-12(15(10)13(22)9-11)19-17(23)24-18(2,3)4/h8-9,12,22H,5-7H2,1-4H3,(H,19,23)/t12-/m1/s1. The van der Waals surface area contributed by atoms with Gasteiger partial charge in [0.1, 0.15) is 11.4 Å². The molecule has 7 heteroatoms. The molecule has 2 aromatic rings. The van der Waals surface area contributed by atoms with E-state index in [1.165, 1.54) is 0 Å². The summed E-state index contributed by atoms with van der Waals surface area (Å²) in [6, 6.07) is 3.28. The van der Waals surface area contributed by atoms with Gasteiger partial charge in [0.15, 0.2) is 0 Å². The molecule has 0 radical (unpaired) electrons. The highest BCUT2D eigenvalue weighted by atomic mass is 16.6. The number of benzene rings is 1. The number of carbonyl (C=O) groups is 1. The number of amides is 1. The maximum atomic E-state index is 12.0. The largest absolute Gasteiger partial charge is 0.508 e. The number of phenolic OH excluding ortho intramolecular Hbond substituents is 1. The molecule has 0 bridgehead atoms. The van der Waals surface area contributed by atoms with Crippen LogP contribution in [0.3, 0.4) is 0 Å². The van der Waals surface area contributed by atoms with E-state index in [4.69, 9.17) is 9.26 Å². The SMILES string of the molecule is CCc1nc(-c2cc(O)c3c(c2)CC[C@H]3NC(=O)OC(C)(C)C)no1. The summed E-state index contributed by atoms with van der Waals surface area (Å²) in [7, 11) is 0. The lowest BCUT2D eigenvalue weighted by molar-refractivity contribution is 0.0503. The summed E-state index contributed by atoms with van der Waals surface area (Å²) in [5.41, 5.74) is 1.85. The van der Waals surface area contributed by atoms with Gasteiger partial charge in [-0.2, -0.15) is 4.98 Å². The Morgan fingerprint density at radius 3 is 2.84 bits per heavy atom. The van der Waals surface area contributed by atoms with Crippen molar-refractivity contribution in [3.63, 3.8) is 0 Å². The van der Waals surface area contributed by atoms with E-state index in [-0.39, 0.29) is 11.8 Å². The number of aromatic hydroxyl groups is 1. The van der Waals surface area contributed by atoms with Crippen molar-refractivity contribution in [1.82, 2.24) is 15.5 Å². The zero-order valence-electron chi connectivity index (χ0n) is 14.9. The van der Waals surface area contributed by atoms with Crippen molar-refractivity contribution < 1.29 is 19.2 Å². The minimum Gasteiger partial charge on any atom is -0.508 e. The first-order valence-electron chi connectivity index (χ1n) is 8.45. The van der Waals surface area contributed by atoms with E-state index in [1.54, 1.807) is 6.07 Å². The molecule has 1 amide bonds. The number of aromatic nitrogens is 2. The van der Waals surface area contributed by atoms with Crippen molar-refractivity contribution in [2.75, 3.05) is 0 Å². The maximum absolute atomic E-state index is 12.0. The zero-order valence-corrected chi connectivity index (χ0v) is 14.9. The molecule has 0 fully saturated rings. The van der Waals surface area contributed by atoms with Crippen LogP contribution in [0, 0.1) is 0 Å². The second-order valence-electron chi connectivity index (χ2n) is 7.17. The van der Waals surface area contributed by atoms with Crippen LogP contribution in [0.1, 0.15) is 57.2 Å². The highest BCUT2D eigenvalue weighted by Crippen LogP contribution is 2.40. The number of rotatable bonds is 3. The molecule has 0 aliphatic heterocycles. The summed E-state index contributed by atoms with van der Waals surface area (Å²) in [6.45, 7) is 7.38. The van der Waals surface area contributed by atoms with Crippen LogP contribution in [0.4, 0.5) is 4.79 Å². The molecule has 1 aliphatic rings. The summed E-state index contributed by atoms with van der Waals surface area (Å²) < 4.78 is 10.4. The number of nitrogens with one attached hydrogen (secondary N) is 1. The predicted molar refractivity (Wildman–Crippen MR) is 91.2 cm³/mol. The average Bonchev–Trinajstić information content (AvgIpc) is 3.12. The maximum Gasteiger partial charge on any atom is 0.408 e. The van der Waals surface area contributed by atoms with Gasteiger partial charge < -0.3 is 19.7 Å². The number of fused-ring (bicyclic) bond motifs is 1. The molecular formula is C18H23N3O4. The molecule has 134 valence electrons. The van der Waals surface area contributed by atoms with E-state index in [1.807, 2.05) is 33.8 Å². The Bertz CT molecular complexity index is 792. The lowest BCUT2D eigenvalue weighted by Gasteiger charge is -2.22. The molecule has 1 aliphatic carbocycles. The monoisotopic (exact) mass is 345 g/mol. The molecule has 1 atom stereocenters. The highest BCUT2D eigenvalue weighted by molar-refractivity contribution is 5.70. The fraction of sp³-hybridized carbons (Fsp3) is 0.500. The van der Waals surface area contributed by atoms with Gasteiger partial charge >= 0.3 is 6.09 Å². The molecule has 3 rings (SSSR count). The second kappa shape index (κ2) is 6.38. The zero-order chi connectivity index (χ0) is 18.2. The number of ether oxygens (including phenoxy) is 1. The molecule has 1 aromatic carbocycles. The predicted octanol–water partition coefficient (Wildman–Crippen LogP) is 3.52. The minimum atomic E-state index is -0.562. The van der Waals surface area contributed by atoms with Gasteiger partial charge in [-0.1, -0.05) is 12.1 Å².